The Hall–Kier alpha value is -1.84. The number of hydrogen-bond donors (Lipinski definition) is 1. The van der Waals surface area contributed by atoms with Crippen molar-refractivity contribution in [1.82, 2.24) is 0 Å². The maximum absolute atomic E-state index is 12.9. The fourth-order valence-corrected chi connectivity index (χ4v) is 4.38. The molecule has 0 aromatic carbocycles. The van der Waals surface area contributed by atoms with Gasteiger partial charge >= 0.3 is 11.9 Å². The van der Waals surface area contributed by atoms with Crippen LogP contribution < -0.4 is 0 Å². The minimum Gasteiger partial charge on any atom is -0.481 e. The van der Waals surface area contributed by atoms with Crippen LogP contribution in [0.5, 0.6) is 0 Å². The third-order valence-electron chi connectivity index (χ3n) is 5.81. The Kier molecular flexibility index (Phi) is 6.11. The van der Waals surface area contributed by atoms with Crippen LogP contribution in [0.1, 0.15) is 51.4 Å². The Morgan fingerprint density at radius 3 is 2.00 bits per heavy atom. The van der Waals surface area contributed by atoms with E-state index in [9.17, 15) is 14.7 Å². The van der Waals surface area contributed by atoms with Crippen LogP contribution in [0.4, 0.5) is 0 Å². The molecule has 4 heteroatoms. The zero-order valence-corrected chi connectivity index (χ0v) is 14.7. The van der Waals surface area contributed by atoms with Gasteiger partial charge in [-0.1, -0.05) is 36.5 Å². The first-order valence-electron chi connectivity index (χ1n) is 9.56. The topological polar surface area (TPSA) is 63.6 Å². The molecule has 4 atom stereocenters. The van der Waals surface area contributed by atoms with Gasteiger partial charge in [0.2, 0.25) is 0 Å². The summed E-state index contributed by atoms with van der Waals surface area (Å²) in [5, 5.41) is 9.41. The number of aliphatic carboxylic acids is 1. The number of ether oxygens (including phenoxy) is 1. The van der Waals surface area contributed by atoms with E-state index >= 15 is 0 Å². The van der Waals surface area contributed by atoms with E-state index in [0.29, 0.717) is 18.3 Å². The molecule has 25 heavy (non-hydrogen) atoms. The Labute approximate surface area is 149 Å². The van der Waals surface area contributed by atoms with Crippen molar-refractivity contribution >= 4 is 11.9 Å². The lowest BCUT2D eigenvalue weighted by molar-refractivity contribution is -0.166. The van der Waals surface area contributed by atoms with Gasteiger partial charge < -0.3 is 9.84 Å². The summed E-state index contributed by atoms with van der Waals surface area (Å²) in [5.41, 5.74) is 0. The lowest BCUT2D eigenvalue weighted by Crippen LogP contribution is -2.39. The van der Waals surface area contributed by atoms with Crippen molar-refractivity contribution in [2.24, 2.45) is 23.7 Å². The van der Waals surface area contributed by atoms with Crippen LogP contribution in [-0.2, 0) is 14.3 Å². The molecule has 3 aliphatic carbocycles. The summed E-state index contributed by atoms with van der Waals surface area (Å²) in [7, 11) is 0. The lowest BCUT2D eigenvalue weighted by atomic mass is 9.78. The number of rotatable bonds is 5. The van der Waals surface area contributed by atoms with Crippen molar-refractivity contribution in [2.45, 2.75) is 57.5 Å². The molecule has 136 valence electrons. The molecule has 0 aromatic rings. The lowest BCUT2D eigenvalue weighted by Gasteiger charge is -2.36. The highest BCUT2D eigenvalue weighted by molar-refractivity contribution is 5.83. The van der Waals surface area contributed by atoms with Gasteiger partial charge in [0, 0.05) is 0 Å². The van der Waals surface area contributed by atoms with E-state index in [1.807, 2.05) is 6.08 Å². The Morgan fingerprint density at radius 2 is 1.48 bits per heavy atom. The SMILES string of the molecule is O=C(O)C1C=CCCC1C(=O)OC(C1CC=CCC1)C1CC=CCC1. The molecule has 0 aromatic heterocycles. The first kappa shape index (κ1) is 18.0. The van der Waals surface area contributed by atoms with E-state index in [0.717, 1.165) is 44.9 Å². The molecule has 0 fully saturated rings. The molecule has 3 rings (SSSR count). The predicted octanol–water partition coefficient (Wildman–Crippen LogP) is 4.28. The van der Waals surface area contributed by atoms with Gasteiger partial charge in [0.15, 0.2) is 0 Å². The molecule has 0 spiro atoms. The average Bonchev–Trinajstić information content (AvgIpc) is 2.67. The second kappa shape index (κ2) is 8.50. The first-order chi connectivity index (χ1) is 12.2. The van der Waals surface area contributed by atoms with Gasteiger partial charge in [0.1, 0.15) is 6.10 Å². The Bertz CT molecular complexity index is 550. The van der Waals surface area contributed by atoms with Crippen LogP contribution in [-0.4, -0.2) is 23.1 Å². The van der Waals surface area contributed by atoms with Crippen molar-refractivity contribution in [1.29, 1.82) is 0 Å². The largest absolute Gasteiger partial charge is 0.481 e. The smallest absolute Gasteiger partial charge is 0.311 e. The third kappa shape index (κ3) is 4.42. The second-order valence-electron chi connectivity index (χ2n) is 7.47. The highest BCUT2D eigenvalue weighted by atomic mass is 16.5. The van der Waals surface area contributed by atoms with Crippen LogP contribution in [0.15, 0.2) is 36.5 Å². The Balaban J connectivity index is 1.73. The average molecular weight is 344 g/mol. The van der Waals surface area contributed by atoms with E-state index in [-0.39, 0.29) is 12.1 Å². The van der Waals surface area contributed by atoms with Crippen molar-refractivity contribution in [3.63, 3.8) is 0 Å². The zero-order chi connectivity index (χ0) is 17.6. The van der Waals surface area contributed by atoms with Crippen LogP contribution in [0, 0.1) is 23.7 Å². The number of esters is 1. The maximum Gasteiger partial charge on any atom is 0.311 e. The minimum absolute atomic E-state index is 0.0947. The number of carbonyl (C=O) groups is 2. The molecule has 3 aliphatic rings. The monoisotopic (exact) mass is 344 g/mol. The Morgan fingerprint density at radius 1 is 0.880 bits per heavy atom. The summed E-state index contributed by atoms with van der Waals surface area (Å²) in [4.78, 5) is 24.3. The van der Waals surface area contributed by atoms with E-state index in [1.54, 1.807) is 6.08 Å². The minimum atomic E-state index is -0.935. The van der Waals surface area contributed by atoms with E-state index in [1.165, 1.54) is 0 Å². The molecule has 4 nitrogen and oxygen atoms in total. The molecule has 0 amide bonds. The molecule has 0 saturated heterocycles. The second-order valence-corrected chi connectivity index (χ2v) is 7.47. The molecule has 0 radical (unpaired) electrons. The van der Waals surface area contributed by atoms with Crippen molar-refractivity contribution < 1.29 is 19.4 Å². The van der Waals surface area contributed by atoms with Gasteiger partial charge in [0.05, 0.1) is 11.8 Å². The van der Waals surface area contributed by atoms with Crippen molar-refractivity contribution in [2.75, 3.05) is 0 Å². The van der Waals surface area contributed by atoms with Gasteiger partial charge in [-0.15, -0.1) is 0 Å². The summed E-state index contributed by atoms with van der Waals surface area (Å²) < 4.78 is 6.05. The van der Waals surface area contributed by atoms with Crippen LogP contribution in [0.3, 0.4) is 0 Å². The summed E-state index contributed by atoms with van der Waals surface area (Å²) >= 11 is 0. The standard InChI is InChI=1S/C21H28O4/c22-20(23)17-13-7-8-14-18(17)21(24)25-19(15-9-3-1-4-10-15)16-11-5-2-6-12-16/h1-3,5,7,13,15-19H,4,6,8-12,14H2,(H,22,23). The summed E-state index contributed by atoms with van der Waals surface area (Å²) in [5.74, 6) is -1.84. The van der Waals surface area contributed by atoms with E-state index in [2.05, 4.69) is 24.3 Å². The van der Waals surface area contributed by atoms with Gasteiger partial charge in [0.25, 0.3) is 0 Å². The molecule has 0 saturated carbocycles. The first-order valence-corrected chi connectivity index (χ1v) is 9.56. The van der Waals surface area contributed by atoms with Gasteiger partial charge in [-0.25, -0.2) is 0 Å². The van der Waals surface area contributed by atoms with Crippen LogP contribution in [0.25, 0.3) is 0 Å². The fraction of sp³-hybridized carbons (Fsp3) is 0.619. The van der Waals surface area contributed by atoms with Gasteiger partial charge in [-0.2, -0.15) is 0 Å². The zero-order valence-electron chi connectivity index (χ0n) is 14.7. The van der Waals surface area contributed by atoms with Crippen LogP contribution in [0.2, 0.25) is 0 Å². The maximum atomic E-state index is 12.9. The third-order valence-corrected chi connectivity index (χ3v) is 5.81. The number of carboxylic acids is 1. The van der Waals surface area contributed by atoms with E-state index in [4.69, 9.17) is 4.74 Å². The van der Waals surface area contributed by atoms with Gasteiger partial charge in [-0.3, -0.25) is 9.59 Å². The number of allylic oxidation sites excluding steroid dienone is 5. The molecule has 0 bridgehead atoms. The summed E-state index contributed by atoms with van der Waals surface area (Å²) in [6.45, 7) is 0. The molecule has 4 unspecified atom stereocenters. The molecule has 0 aliphatic heterocycles. The number of carboxylic acid groups (broad SMARTS) is 1. The predicted molar refractivity (Wildman–Crippen MR) is 95.8 cm³/mol. The summed E-state index contributed by atoms with van der Waals surface area (Å²) in [6.07, 6.45) is 19.6. The van der Waals surface area contributed by atoms with E-state index < -0.39 is 17.8 Å². The number of carbonyl (C=O) groups excluding carboxylic acids is 1. The van der Waals surface area contributed by atoms with Crippen molar-refractivity contribution in [3.8, 4) is 0 Å². The number of hydrogen-bond acceptors (Lipinski definition) is 3. The fourth-order valence-electron chi connectivity index (χ4n) is 4.38. The molecule has 1 N–H and O–H groups in total. The quantitative estimate of drug-likeness (QED) is 0.597. The van der Waals surface area contributed by atoms with Gasteiger partial charge in [-0.05, 0) is 63.2 Å². The molecular weight excluding hydrogens is 316 g/mol. The van der Waals surface area contributed by atoms with Crippen LogP contribution >= 0.6 is 0 Å². The molecular formula is C21H28O4. The normalized spacial score (nSPS) is 33.0. The van der Waals surface area contributed by atoms with Crippen molar-refractivity contribution in [3.05, 3.63) is 36.5 Å². The highest BCUT2D eigenvalue weighted by Gasteiger charge is 2.39. The summed E-state index contributed by atoms with van der Waals surface area (Å²) in [6, 6.07) is 0. The highest BCUT2D eigenvalue weighted by Crippen LogP contribution is 2.36. The molecule has 0 heterocycles.